The molecule has 0 aliphatic carbocycles. The molecule has 1 N–H and O–H groups in total. The van der Waals surface area contributed by atoms with Gasteiger partial charge in [-0.2, -0.15) is 0 Å². The number of carboxylic acid groups (broad SMARTS) is 1. The first-order chi connectivity index (χ1) is 8.72. The van der Waals surface area contributed by atoms with Crippen LogP contribution in [-0.2, 0) is 19.1 Å². The maximum absolute atomic E-state index is 12.1. The van der Waals surface area contributed by atoms with Crippen LogP contribution >= 0.6 is 11.8 Å². The Hall–Kier alpha value is -1.24. The summed E-state index contributed by atoms with van der Waals surface area (Å²) in [6.45, 7) is 5.26. The van der Waals surface area contributed by atoms with Gasteiger partial charge in [-0.05, 0) is 13.8 Å². The molecule has 19 heavy (non-hydrogen) atoms. The number of rotatable bonds is 3. The van der Waals surface area contributed by atoms with Crippen molar-refractivity contribution in [3.8, 4) is 0 Å². The van der Waals surface area contributed by atoms with Crippen LogP contribution in [0.2, 0.25) is 0 Å². The fourth-order valence-corrected chi connectivity index (χ4v) is 4.64. The maximum Gasteiger partial charge on any atom is 0.327 e. The maximum atomic E-state index is 12.1. The Morgan fingerprint density at radius 2 is 2.05 bits per heavy atom. The lowest BCUT2D eigenvalue weighted by atomic mass is 9.83. The lowest BCUT2D eigenvalue weighted by molar-refractivity contribution is -0.170. The Morgan fingerprint density at radius 3 is 2.53 bits per heavy atom. The highest BCUT2D eigenvalue weighted by atomic mass is 32.2. The van der Waals surface area contributed by atoms with Gasteiger partial charge in [-0.25, -0.2) is 4.79 Å². The molecule has 2 saturated heterocycles. The molecule has 0 bridgehead atoms. The number of aliphatic carboxylic acids is 1. The monoisotopic (exact) mass is 287 g/mol. The first kappa shape index (κ1) is 14.2. The zero-order valence-electron chi connectivity index (χ0n) is 11.2. The number of esters is 1. The van der Waals surface area contributed by atoms with Crippen LogP contribution in [0.5, 0.6) is 0 Å². The third kappa shape index (κ3) is 1.91. The van der Waals surface area contributed by atoms with E-state index in [0.717, 1.165) is 0 Å². The van der Waals surface area contributed by atoms with E-state index in [2.05, 4.69) is 4.74 Å². The Morgan fingerprint density at radius 1 is 1.47 bits per heavy atom. The minimum absolute atomic E-state index is 0.252. The van der Waals surface area contributed by atoms with Crippen LogP contribution in [0.1, 0.15) is 20.8 Å². The molecule has 0 aromatic carbocycles. The molecule has 0 saturated carbocycles. The number of ether oxygens (including phenoxy) is 1. The van der Waals surface area contributed by atoms with Crippen molar-refractivity contribution >= 4 is 29.6 Å². The van der Waals surface area contributed by atoms with Gasteiger partial charge in [-0.3, -0.25) is 9.59 Å². The molecule has 0 aromatic heterocycles. The average molecular weight is 287 g/mol. The number of amides is 1. The minimum Gasteiger partial charge on any atom is -0.480 e. The summed E-state index contributed by atoms with van der Waals surface area (Å²) in [6.07, 6.45) is 0. The second-order valence-corrected chi connectivity index (χ2v) is 7.21. The number of fused-ring (bicyclic) bond motifs is 1. The van der Waals surface area contributed by atoms with E-state index in [0.29, 0.717) is 0 Å². The van der Waals surface area contributed by atoms with E-state index in [-0.39, 0.29) is 11.3 Å². The van der Waals surface area contributed by atoms with Crippen LogP contribution in [0.15, 0.2) is 0 Å². The van der Waals surface area contributed by atoms with Crippen LogP contribution in [0, 0.1) is 11.8 Å². The molecule has 106 valence electrons. The first-order valence-corrected chi connectivity index (χ1v) is 6.91. The molecule has 0 spiro atoms. The molecule has 0 aromatic rings. The summed E-state index contributed by atoms with van der Waals surface area (Å²) in [5.41, 5.74) is 0. The van der Waals surface area contributed by atoms with Crippen LogP contribution < -0.4 is 0 Å². The van der Waals surface area contributed by atoms with Gasteiger partial charge < -0.3 is 14.7 Å². The van der Waals surface area contributed by atoms with E-state index in [9.17, 15) is 19.5 Å². The van der Waals surface area contributed by atoms with Crippen molar-refractivity contribution in [3.63, 3.8) is 0 Å². The quantitative estimate of drug-likeness (QED) is 0.603. The summed E-state index contributed by atoms with van der Waals surface area (Å²) in [5, 5.41) is 9.02. The number of hydrogen-bond acceptors (Lipinski definition) is 5. The molecule has 2 fully saturated rings. The number of hydrogen-bond donors (Lipinski definition) is 1. The molecule has 0 radical (unpaired) electrons. The largest absolute Gasteiger partial charge is 0.480 e. The van der Waals surface area contributed by atoms with Crippen molar-refractivity contribution in [1.82, 2.24) is 4.90 Å². The van der Waals surface area contributed by atoms with Crippen molar-refractivity contribution in [1.29, 1.82) is 0 Å². The van der Waals surface area contributed by atoms with Gasteiger partial charge >= 0.3 is 11.9 Å². The molecule has 2 aliphatic rings. The van der Waals surface area contributed by atoms with Crippen LogP contribution in [0.3, 0.4) is 0 Å². The van der Waals surface area contributed by atoms with E-state index in [1.165, 1.54) is 23.8 Å². The second-order valence-electron chi connectivity index (χ2n) is 5.44. The molecule has 4 atom stereocenters. The van der Waals surface area contributed by atoms with Gasteiger partial charge in [0.25, 0.3) is 0 Å². The molecule has 1 amide bonds. The summed E-state index contributed by atoms with van der Waals surface area (Å²) in [4.78, 5) is 36.4. The smallest absolute Gasteiger partial charge is 0.327 e. The highest BCUT2D eigenvalue weighted by Crippen LogP contribution is 2.55. The molecule has 6 nitrogen and oxygen atoms in total. The van der Waals surface area contributed by atoms with Crippen LogP contribution in [-0.4, -0.2) is 51.1 Å². The average Bonchev–Trinajstić information content (AvgIpc) is 2.56. The molecular weight excluding hydrogens is 270 g/mol. The predicted molar refractivity (Wildman–Crippen MR) is 68.4 cm³/mol. The van der Waals surface area contributed by atoms with Crippen molar-refractivity contribution in [2.45, 2.75) is 36.9 Å². The van der Waals surface area contributed by atoms with Gasteiger partial charge in [0.2, 0.25) is 5.91 Å². The number of nitrogens with zero attached hydrogens (tertiary/aromatic N) is 1. The zero-order valence-corrected chi connectivity index (χ0v) is 12.1. The summed E-state index contributed by atoms with van der Waals surface area (Å²) < 4.78 is 4.10. The van der Waals surface area contributed by atoms with Crippen molar-refractivity contribution in [2.75, 3.05) is 7.11 Å². The first-order valence-electron chi connectivity index (χ1n) is 6.03. The Bertz CT molecular complexity index is 449. The number of carbonyl (C=O) groups is 3. The predicted octanol–water partition coefficient (Wildman–Crippen LogP) is 0.559. The van der Waals surface area contributed by atoms with Gasteiger partial charge in [0.05, 0.1) is 24.3 Å². The van der Waals surface area contributed by atoms with Gasteiger partial charge in [0.15, 0.2) is 0 Å². The molecule has 2 heterocycles. The van der Waals surface area contributed by atoms with E-state index in [1.807, 2.05) is 13.8 Å². The Kier molecular flexibility index (Phi) is 3.28. The van der Waals surface area contributed by atoms with Gasteiger partial charge in [0.1, 0.15) is 6.04 Å². The van der Waals surface area contributed by atoms with Gasteiger partial charge in [0, 0.05) is 4.75 Å². The lowest BCUT2D eigenvalue weighted by Crippen LogP contribution is -2.64. The summed E-state index contributed by atoms with van der Waals surface area (Å²) in [7, 11) is 1.28. The standard InChI is InChI=1S/C12H17NO5S/c1-5(11(17)18-4)6-8(14)13-7(10(15)16)12(2,3)19-9(6)13/h5-7,9H,1-4H3,(H,15,16)/t5?,6-,7+,9-/m1/s1. The number of thioether (sulfide) groups is 1. The van der Waals surface area contributed by atoms with E-state index in [4.69, 9.17) is 0 Å². The molecule has 2 aliphatic heterocycles. The topological polar surface area (TPSA) is 83.9 Å². The minimum atomic E-state index is -1.00. The fraction of sp³-hybridized carbons (Fsp3) is 0.750. The summed E-state index contributed by atoms with van der Waals surface area (Å²) in [5.74, 6) is -2.74. The highest BCUT2D eigenvalue weighted by Gasteiger charge is 2.65. The molecule has 7 heteroatoms. The fourth-order valence-electron chi connectivity index (χ4n) is 2.83. The zero-order chi connectivity index (χ0) is 14.5. The highest BCUT2D eigenvalue weighted by molar-refractivity contribution is 8.01. The van der Waals surface area contributed by atoms with Gasteiger partial charge in [-0.15, -0.1) is 11.8 Å². The van der Waals surface area contributed by atoms with E-state index in [1.54, 1.807) is 6.92 Å². The van der Waals surface area contributed by atoms with Crippen molar-refractivity contribution in [2.24, 2.45) is 11.8 Å². The van der Waals surface area contributed by atoms with Crippen molar-refractivity contribution in [3.05, 3.63) is 0 Å². The second kappa shape index (κ2) is 4.40. The number of carbonyl (C=O) groups excluding carboxylic acids is 2. The summed E-state index contributed by atoms with van der Waals surface area (Å²) >= 11 is 1.44. The normalized spacial score (nSPS) is 33.4. The van der Waals surface area contributed by atoms with Gasteiger partial charge in [-0.1, -0.05) is 6.92 Å². The SMILES string of the molecule is COC(=O)C(C)[C@@H]1C(=O)N2[C@@H]1SC(C)(C)[C@@H]2C(=O)O. The molecular formula is C12H17NO5S. The van der Waals surface area contributed by atoms with E-state index < -0.39 is 34.6 Å². The van der Waals surface area contributed by atoms with Crippen LogP contribution in [0.25, 0.3) is 0 Å². The summed E-state index contributed by atoms with van der Waals surface area (Å²) in [6, 6.07) is -0.837. The number of methoxy groups -OCH3 is 1. The molecule has 1 unspecified atom stereocenters. The van der Waals surface area contributed by atoms with Crippen molar-refractivity contribution < 1.29 is 24.2 Å². The molecule has 2 rings (SSSR count). The Balaban J connectivity index is 2.23. The number of β-lactam (4-membered cyclic amide) rings is 1. The Labute approximate surface area is 115 Å². The third-order valence-corrected chi connectivity index (χ3v) is 5.42. The van der Waals surface area contributed by atoms with Crippen LogP contribution in [0.4, 0.5) is 0 Å². The third-order valence-electron chi connectivity index (χ3n) is 3.83. The number of carboxylic acids is 1. The van der Waals surface area contributed by atoms with E-state index >= 15 is 0 Å². The lowest BCUT2D eigenvalue weighted by Gasteiger charge is -2.45.